The summed E-state index contributed by atoms with van der Waals surface area (Å²) in [6.07, 6.45) is 31.9. The maximum Gasteiger partial charge on any atom is 0.594 e. The minimum atomic E-state index is -4.22. The van der Waals surface area contributed by atoms with Gasteiger partial charge in [-0.05, 0) is 12.8 Å². The molecule has 6 nitrogen and oxygen atoms in total. The lowest BCUT2D eigenvalue weighted by molar-refractivity contribution is -0.140. The highest BCUT2D eigenvalue weighted by Gasteiger charge is 2.33. The fourth-order valence-corrected chi connectivity index (χ4v) is 6.04. The molecule has 0 N–H and O–H groups in total. The monoisotopic (exact) mass is 606 g/mol. The van der Waals surface area contributed by atoms with Crippen molar-refractivity contribution in [1.82, 2.24) is 0 Å². The summed E-state index contributed by atoms with van der Waals surface area (Å²) in [5, 5.41) is 0. The van der Waals surface area contributed by atoms with Gasteiger partial charge in [0.2, 0.25) is 0 Å². The van der Waals surface area contributed by atoms with E-state index in [9.17, 15) is 14.2 Å². The van der Waals surface area contributed by atoms with Crippen LogP contribution in [0.25, 0.3) is 0 Å². The van der Waals surface area contributed by atoms with Crippen LogP contribution in [0.4, 0.5) is 0 Å². The number of carbonyl (C=O) groups is 2. The van der Waals surface area contributed by atoms with E-state index in [1.807, 2.05) is 0 Å². The van der Waals surface area contributed by atoms with Crippen molar-refractivity contribution in [2.45, 2.75) is 194 Å². The number of hydrogen-bond acceptors (Lipinski definition) is 6. The molecule has 1 atom stereocenters. The second-order valence-electron chi connectivity index (χ2n) is 11.5. The summed E-state index contributed by atoms with van der Waals surface area (Å²) < 4.78 is 27.1. The van der Waals surface area contributed by atoms with Crippen LogP contribution in [-0.2, 0) is 27.5 Å². The number of carbonyl (C=O) groups excluding carboxylic acids is 2. The molecule has 0 fully saturated rings. The Bertz CT molecular complexity index is 581. The first-order chi connectivity index (χ1) is 19.5. The molecule has 0 saturated heterocycles. The van der Waals surface area contributed by atoms with Gasteiger partial charge in [0, 0.05) is 22.3 Å². The number of rotatable bonds is 31. The van der Waals surface area contributed by atoms with E-state index in [0.29, 0.717) is 12.8 Å². The molecule has 0 aliphatic rings. The van der Waals surface area contributed by atoms with Gasteiger partial charge >= 0.3 is 19.8 Å². The van der Waals surface area contributed by atoms with Crippen LogP contribution in [0.1, 0.15) is 194 Å². The zero-order valence-electron chi connectivity index (χ0n) is 26.3. The summed E-state index contributed by atoms with van der Waals surface area (Å²) in [5.41, 5.74) is 0. The molecular weight excluding hydrogens is 542 g/mol. The summed E-state index contributed by atoms with van der Waals surface area (Å²) in [4.78, 5) is 24.2. The first kappa shape index (κ1) is 39.6. The van der Waals surface area contributed by atoms with Crippen LogP contribution in [0.15, 0.2) is 0 Å². The maximum atomic E-state index is 12.5. The van der Waals surface area contributed by atoms with Gasteiger partial charge in [-0.25, -0.2) is 4.57 Å². The van der Waals surface area contributed by atoms with Crippen LogP contribution in [-0.4, -0.2) is 11.9 Å². The predicted molar refractivity (Wildman–Crippen MR) is 171 cm³/mol. The Morgan fingerprint density at radius 2 is 0.675 bits per heavy atom. The second kappa shape index (κ2) is 30.0. The molecule has 0 aromatic heterocycles. The summed E-state index contributed by atoms with van der Waals surface area (Å²) in [7, 11) is -2.44. The minimum absolute atomic E-state index is 0.145. The SMILES string of the molecule is CCCCCCCCCCCCCCCC(=O)OP(=O)(OP)OC(=O)CCCCCCCCCCCCCCC. The standard InChI is InChI=1S/C32H64O6P2/c1-3-5-7-9-11-13-15-17-19-21-23-25-27-29-31(33)36-40(35,38-39)37-32(34)30-28-26-24-22-20-18-16-14-12-10-8-6-4-2/h3-30,39H2,1-2H3. The quantitative estimate of drug-likeness (QED) is 0.0577. The molecule has 0 bridgehead atoms. The summed E-state index contributed by atoms with van der Waals surface area (Å²) in [6.45, 7) is 4.50. The average molecular weight is 607 g/mol. The molecule has 0 aliphatic heterocycles. The maximum absolute atomic E-state index is 12.5. The Kier molecular flexibility index (Phi) is 29.7. The molecule has 0 aromatic rings. The minimum Gasteiger partial charge on any atom is -0.361 e. The van der Waals surface area contributed by atoms with Gasteiger partial charge in [-0.2, -0.15) is 0 Å². The van der Waals surface area contributed by atoms with Crippen LogP contribution >= 0.6 is 17.3 Å². The third-order valence-corrected chi connectivity index (χ3v) is 9.41. The lowest BCUT2D eigenvalue weighted by atomic mass is 10.0. The fourth-order valence-electron chi connectivity index (χ4n) is 4.98. The van der Waals surface area contributed by atoms with Gasteiger partial charge < -0.3 is 9.05 Å². The molecule has 1 unspecified atom stereocenters. The van der Waals surface area contributed by atoms with E-state index in [1.165, 1.54) is 128 Å². The number of hydrogen-bond donors (Lipinski definition) is 0. The van der Waals surface area contributed by atoms with Crippen molar-refractivity contribution in [2.75, 3.05) is 0 Å². The number of phosphoric acid groups is 1. The van der Waals surface area contributed by atoms with Crippen molar-refractivity contribution < 1.29 is 27.5 Å². The molecule has 0 amide bonds. The lowest BCUT2D eigenvalue weighted by Crippen LogP contribution is -2.09. The highest BCUT2D eigenvalue weighted by atomic mass is 31.2. The second-order valence-corrected chi connectivity index (χ2v) is 13.6. The lowest BCUT2D eigenvalue weighted by Gasteiger charge is -2.14. The fraction of sp³-hybridized carbons (Fsp3) is 0.938. The van der Waals surface area contributed by atoms with E-state index in [0.717, 1.165) is 25.7 Å². The Balaban J connectivity index is 3.70. The van der Waals surface area contributed by atoms with E-state index in [1.54, 1.807) is 9.47 Å². The third-order valence-electron chi connectivity index (χ3n) is 7.53. The molecule has 0 spiro atoms. The Morgan fingerprint density at radius 3 is 0.900 bits per heavy atom. The summed E-state index contributed by atoms with van der Waals surface area (Å²) >= 11 is 0. The van der Waals surface area contributed by atoms with Crippen molar-refractivity contribution in [3.63, 3.8) is 0 Å². The van der Waals surface area contributed by atoms with Gasteiger partial charge in [-0.1, -0.05) is 168 Å². The molecule has 238 valence electrons. The van der Waals surface area contributed by atoms with Crippen molar-refractivity contribution in [1.29, 1.82) is 0 Å². The van der Waals surface area contributed by atoms with Gasteiger partial charge in [-0.3, -0.25) is 13.9 Å². The molecular formula is C32H64O6P2. The Labute approximate surface area is 250 Å². The molecule has 8 heteroatoms. The van der Waals surface area contributed by atoms with Crippen LogP contribution in [0.2, 0.25) is 0 Å². The molecule has 0 saturated carbocycles. The molecule has 0 rings (SSSR count). The molecule has 0 radical (unpaired) electrons. The van der Waals surface area contributed by atoms with Gasteiger partial charge in [-0.15, -0.1) is 0 Å². The van der Waals surface area contributed by atoms with Crippen LogP contribution in [0.5, 0.6) is 0 Å². The zero-order valence-corrected chi connectivity index (χ0v) is 28.3. The third kappa shape index (κ3) is 27.7. The largest absolute Gasteiger partial charge is 0.594 e. The first-order valence-electron chi connectivity index (χ1n) is 16.9. The molecule has 0 heterocycles. The molecule has 0 aliphatic carbocycles. The van der Waals surface area contributed by atoms with E-state index in [2.05, 4.69) is 13.8 Å². The summed E-state index contributed by atoms with van der Waals surface area (Å²) in [6, 6.07) is 0. The van der Waals surface area contributed by atoms with Gasteiger partial charge in [0.05, 0.1) is 0 Å². The van der Waals surface area contributed by atoms with E-state index >= 15 is 0 Å². The Hall–Kier alpha value is -0.440. The number of unbranched alkanes of at least 4 members (excludes halogenated alkanes) is 24. The van der Waals surface area contributed by atoms with Crippen LogP contribution < -0.4 is 0 Å². The predicted octanol–water partition coefficient (Wildman–Crippen LogP) is 12.0. The first-order valence-corrected chi connectivity index (χ1v) is 18.8. The van der Waals surface area contributed by atoms with Gasteiger partial charge in [0.25, 0.3) is 0 Å². The van der Waals surface area contributed by atoms with Crippen molar-refractivity contribution in [2.24, 2.45) is 0 Å². The Morgan fingerprint density at radius 1 is 0.450 bits per heavy atom. The molecule has 40 heavy (non-hydrogen) atoms. The van der Waals surface area contributed by atoms with E-state index < -0.39 is 19.8 Å². The smallest absolute Gasteiger partial charge is 0.361 e. The summed E-state index contributed by atoms with van der Waals surface area (Å²) in [5.74, 6) is -1.30. The zero-order chi connectivity index (χ0) is 29.6. The normalized spacial score (nSPS) is 11.6. The van der Waals surface area contributed by atoms with Gasteiger partial charge in [0.1, 0.15) is 0 Å². The topological polar surface area (TPSA) is 78.9 Å². The molecule has 0 aromatic carbocycles. The van der Waals surface area contributed by atoms with Crippen LogP contribution in [0.3, 0.4) is 0 Å². The average Bonchev–Trinajstić information content (AvgIpc) is 2.93. The van der Waals surface area contributed by atoms with Crippen molar-refractivity contribution >= 4 is 29.2 Å². The highest BCUT2D eigenvalue weighted by Crippen LogP contribution is 2.52. The van der Waals surface area contributed by atoms with Crippen LogP contribution in [0, 0.1) is 0 Å². The van der Waals surface area contributed by atoms with Gasteiger partial charge in [0.15, 0.2) is 0 Å². The van der Waals surface area contributed by atoms with E-state index in [4.69, 9.17) is 13.4 Å². The van der Waals surface area contributed by atoms with E-state index in [-0.39, 0.29) is 12.8 Å². The van der Waals surface area contributed by atoms with Crippen molar-refractivity contribution in [3.8, 4) is 0 Å². The highest BCUT2D eigenvalue weighted by molar-refractivity contribution is 7.54. The van der Waals surface area contributed by atoms with Crippen molar-refractivity contribution in [3.05, 3.63) is 0 Å². The number of phosphoric ester groups is 1.